The summed E-state index contributed by atoms with van der Waals surface area (Å²) < 4.78 is 43.1. The lowest BCUT2D eigenvalue weighted by molar-refractivity contribution is 0.429. The molecule has 0 fully saturated rings. The predicted molar refractivity (Wildman–Crippen MR) is 196 cm³/mol. The van der Waals surface area contributed by atoms with Crippen molar-refractivity contribution in [3.63, 3.8) is 0 Å². The third kappa shape index (κ3) is 6.02. The number of ether oxygens (including phenoxy) is 2. The number of hydrogen-bond donors (Lipinski definition) is 0. The van der Waals surface area contributed by atoms with Crippen molar-refractivity contribution >= 4 is 46.1 Å². The van der Waals surface area contributed by atoms with E-state index in [1.54, 1.807) is 30.3 Å². The largest absolute Gasteiger partial charge is 0.438 e. The van der Waals surface area contributed by atoms with Gasteiger partial charge in [-0.05, 0) is 24.3 Å². The Balaban J connectivity index is 1.26. The van der Waals surface area contributed by atoms with Crippen LogP contribution < -0.4 is 41.3 Å². The molecule has 7 aromatic rings. The molecule has 0 aliphatic carbocycles. The van der Waals surface area contributed by atoms with Crippen LogP contribution in [-0.4, -0.2) is 4.98 Å². The minimum Gasteiger partial charge on any atom is -0.438 e. The van der Waals surface area contributed by atoms with E-state index in [0.29, 0.717) is 43.3 Å². The average Bonchev–Trinajstić information content (AvgIpc) is 3.16. The third-order valence-electron chi connectivity index (χ3n) is 8.02. The Labute approximate surface area is 280 Å². The molecule has 48 heavy (non-hydrogen) atoms. The van der Waals surface area contributed by atoms with Gasteiger partial charge in [-0.15, -0.1) is 0 Å². The second kappa shape index (κ2) is 13.7. The summed E-state index contributed by atoms with van der Waals surface area (Å²) >= 11 is 0. The van der Waals surface area contributed by atoms with Gasteiger partial charge in [-0.2, -0.15) is 4.98 Å². The summed E-state index contributed by atoms with van der Waals surface area (Å²) in [6.07, 6.45) is 0. The molecular formula is C41H31NO4P2. The van der Waals surface area contributed by atoms with Crippen molar-refractivity contribution < 1.29 is 18.6 Å². The molecule has 0 aliphatic heterocycles. The van der Waals surface area contributed by atoms with E-state index < -0.39 is 14.3 Å². The van der Waals surface area contributed by atoms with Crippen LogP contribution in [0.3, 0.4) is 0 Å². The highest BCUT2D eigenvalue weighted by molar-refractivity contribution is 7.86. The van der Waals surface area contributed by atoms with Crippen LogP contribution in [0, 0.1) is 0 Å². The Morgan fingerprint density at radius 3 is 0.958 bits per heavy atom. The predicted octanol–water partition coefficient (Wildman–Crippen LogP) is 7.95. The molecule has 1 aromatic heterocycles. The van der Waals surface area contributed by atoms with Crippen LogP contribution in [0.5, 0.6) is 23.3 Å². The first-order valence-corrected chi connectivity index (χ1v) is 18.9. The van der Waals surface area contributed by atoms with Crippen LogP contribution in [0.2, 0.25) is 0 Å². The number of aromatic nitrogens is 1. The van der Waals surface area contributed by atoms with E-state index in [0.717, 1.165) is 0 Å². The Hall–Kier alpha value is -5.47. The van der Waals surface area contributed by atoms with E-state index in [9.17, 15) is 0 Å². The van der Waals surface area contributed by atoms with Crippen molar-refractivity contribution in [3.05, 3.63) is 188 Å². The van der Waals surface area contributed by atoms with Gasteiger partial charge >= 0.3 is 0 Å². The van der Waals surface area contributed by atoms with Crippen LogP contribution in [0.1, 0.15) is 0 Å². The summed E-state index contributed by atoms with van der Waals surface area (Å²) in [6, 6.07) is 57.8. The van der Waals surface area contributed by atoms with E-state index in [1.165, 1.54) is 0 Å². The minimum atomic E-state index is -3.32. The summed E-state index contributed by atoms with van der Waals surface area (Å²) in [5, 5.41) is 3.94. The van der Waals surface area contributed by atoms with Crippen molar-refractivity contribution in [2.24, 2.45) is 0 Å². The molecule has 0 atom stereocenters. The molecule has 5 nitrogen and oxygen atoms in total. The molecule has 0 N–H and O–H groups in total. The Morgan fingerprint density at radius 2 is 0.625 bits per heavy atom. The van der Waals surface area contributed by atoms with E-state index in [1.807, 2.05) is 158 Å². The van der Waals surface area contributed by atoms with Crippen molar-refractivity contribution in [2.75, 3.05) is 0 Å². The smallest absolute Gasteiger partial charge is 0.222 e. The molecule has 0 bridgehead atoms. The molecule has 0 unspecified atom stereocenters. The van der Waals surface area contributed by atoms with Crippen molar-refractivity contribution in [1.29, 1.82) is 0 Å². The van der Waals surface area contributed by atoms with Gasteiger partial charge in [0, 0.05) is 33.4 Å². The summed E-state index contributed by atoms with van der Waals surface area (Å²) in [5.41, 5.74) is 0. The maximum absolute atomic E-state index is 15.2. The highest BCUT2D eigenvalue weighted by atomic mass is 31.2. The maximum atomic E-state index is 15.2. The van der Waals surface area contributed by atoms with Crippen LogP contribution in [0.25, 0.3) is 0 Å². The summed E-state index contributed by atoms with van der Waals surface area (Å²) in [7, 11) is -6.63. The zero-order chi connectivity index (χ0) is 32.8. The average molecular weight is 664 g/mol. The molecule has 1 heterocycles. The van der Waals surface area contributed by atoms with Gasteiger partial charge in [0.05, 0.1) is 10.6 Å². The molecule has 7 heteroatoms. The first-order valence-electron chi connectivity index (χ1n) is 15.5. The summed E-state index contributed by atoms with van der Waals surface area (Å²) in [5.74, 6) is 1.38. The zero-order valence-corrected chi connectivity index (χ0v) is 27.7. The van der Waals surface area contributed by atoms with Gasteiger partial charge in [-0.25, -0.2) is 0 Å². The van der Waals surface area contributed by atoms with Crippen LogP contribution >= 0.6 is 14.3 Å². The maximum Gasteiger partial charge on any atom is 0.222 e. The van der Waals surface area contributed by atoms with Crippen LogP contribution in [0.15, 0.2) is 188 Å². The SMILES string of the molecule is O=P(c1ccccc1)(c1ccccc1)c1ccccc1Oc1cccc(Oc2ccccc2P(=O)(c2ccccc2)c2ccccc2)n1. The zero-order valence-electron chi connectivity index (χ0n) is 25.9. The molecule has 6 aromatic carbocycles. The van der Waals surface area contributed by atoms with Gasteiger partial charge in [0.25, 0.3) is 0 Å². The number of benzene rings is 6. The van der Waals surface area contributed by atoms with E-state index in [2.05, 4.69) is 4.98 Å². The first-order chi connectivity index (χ1) is 23.6. The Bertz CT molecular complexity index is 2000. The minimum absolute atomic E-state index is 0.263. The monoisotopic (exact) mass is 663 g/mol. The lowest BCUT2D eigenvalue weighted by atomic mass is 10.3. The quantitative estimate of drug-likeness (QED) is 0.139. The molecule has 0 amide bonds. The molecular weight excluding hydrogens is 632 g/mol. The fraction of sp³-hybridized carbons (Fsp3) is 0. The number of rotatable bonds is 10. The third-order valence-corrected chi connectivity index (χ3v) is 14.2. The lowest BCUT2D eigenvalue weighted by Crippen LogP contribution is -2.26. The topological polar surface area (TPSA) is 65.5 Å². The number of pyridine rings is 1. The summed E-state index contributed by atoms with van der Waals surface area (Å²) in [6.45, 7) is 0. The second-order valence-electron chi connectivity index (χ2n) is 11.0. The number of para-hydroxylation sites is 2. The van der Waals surface area contributed by atoms with E-state index in [-0.39, 0.29) is 11.8 Å². The molecule has 0 saturated heterocycles. The first kappa shape index (κ1) is 31.1. The number of hydrogen-bond acceptors (Lipinski definition) is 5. The fourth-order valence-corrected chi connectivity index (χ4v) is 11.3. The van der Waals surface area contributed by atoms with Gasteiger partial charge in [0.15, 0.2) is 14.3 Å². The van der Waals surface area contributed by atoms with Crippen molar-refractivity contribution in [3.8, 4) is 23.3 Å². The van der Waals surface area contributed by atoms with Gasteiger partial charge in [0.2, 0.25) is 11.8 Å². The number of nitrogens with zero attached hydrogens (tertiary/aromatic N) is 1. The van der Waals surface area contributed by atoms with Gasteiger partial charge in [0.1, 0.15) is 11.5 Å². The molecule has 0 saturated carbocycles. The molecule has 0 spiro atoms. The summed E-state index contributed by atoms with van der Waals surface area (Å²) in [4.78, 5) is 4.68. The molecule has 234 valence electrons. The Morgan fingerprint density at radius 1 is 0.333 bits per heavy atom. The highest BCUT2D eigenvalue weighted by Gasteiger charge is 2.34. The second-order valence-corrected chi connectivity index (χ2v) is 16.5. The molecule has 0 aliphatic rings. The highest BCUT2D eigenvalue weighted by Crippen LogP contribution is 2.47. The standard InChI is InChI=1S/C41H31NO4P2/c43-47(32-18-5-1-6-19-32,33-20-7-2-8-21-33)38-28-15-13-26-36(38)45-40-30-17-31-41(42-40)46-37-27-14-16-29-39(37)48(44,34-22-9-3-10-23-34)35-24-11-4-12-25-35/h1-31H. The van der Waals surface area contributed by atoms with Crippen molar-refractivity contribution in [1.82, 2.24) is 4.98 Å². The Kier molecular flexibility index (Phi) is 8.90. The van der Waals surface area contributed by atoms with Gasteiger partial charge in [-0.1, -0.05) is 152 Å². The molecule has 0 radical (unpaired) electrons. The van der Waals surface area contributed by atoms with E-state index >= 15 is 9.13 Å². The lowest BCUT2D eigenvalue weighted by Gasteiger charge is -2.23. The van der Waals surface area contributed by atoms with Gasteiger partial charge in [-0.3, -0.25) is 0 Å². The van der Waals surface area contributed by atoms with Crippen LogP contribution in [0.4, 0.5) is 0 Å². The normalized spacial score (nSPS) is 11.5. The fourth-order valence-electron chi connectivity index (χ4n) is 5.75. The van der Waals surface area contributed by atoms with Crippen LogP contribution in [-0.2, 0) is 9.13 Å². The van der Waals surface area contributed by atoms with Gasteiger partial charge < -0.3 is 18.6 Å². The molecule has 7 rings (SSSR count). The van der Waals surface area contributed by atoms with E-state index in [4.69, 9.17) is 9.47 Å². The van der Waals surface area contributed by atoms with Crippen molar-refractivity contribution in [2.45, 2.75) is 0 Å².